The normalized spacial score (nSPS) is 10.5. The molecule has 0 unspecified atom stereocenters. The molecule has 1 amide bonds. The van der Waals surface area contributed by atoms with Crippen LogP contribution in [0.1, 0.15) is 11.1 Å². The van der Waals surface area contributed by atoms with Gasteiger partial charge in [-0.05, 0) is 42.3 Å². The van der Waals surface area contributed by atoms with E-state index < -0.39 is 11.9 Å². The molecular formula is C18H16ClNO3. The number of nitrogens with one attached hydrogen (secondary N) is 1. The highest BCUT2D eigenvalue weighted by atomic mass is 35.5. The van der Waals surface area contributed by atoms with Crippen molar-refractivity contribution in [2.45, 2.75) is 6.92 Å². The molecule has 0 atom stereocenters. The summed E-state index contributed by atoms with van der Waals surface area (Å²) >= 11 is 5.85. The van der Waals surface area contributed by atoms with Crippen LogP contribution in [0.25, 0.3) is 6.08 Å². The van der Waals surface area contributed by atoms with Gasteiger partial charge in [0.2, 0.25) is 0 Å². The first-order chi connectivity index (χ1) is 11.0. The fraction of sp³-hybridized carbons (Fsp3) is 0.111. The monoisotopic (exact) mass is 329 g/mol. The van der Waals surface area contributed by atoms with Gasteiger partial charge in [-0.1, -0.05) is 41.9 Å². The first-order valence-electron chi connectivity index (χ1n) is 7.00. The van der Waals surface area contributed by atoms with Crippen molar-refractivity contribution < 1.29 is 14.3 Å². The lowest BCUT2D eigenvalue weighted by molar-refractivity contribution is -0.142. The molecule has 0 radical (unpaired) electrons. The maximum Gasteiger partial charge on any atom is 0.331 e. The molecular weight excluding hydrogens is 314 g/mol. The molecule has 23 heavy (non-hydrogen) atoms. The Morgan fingerprint density at radius 1 is 1.17 bits per heavy atom. The van der Waals surface area contributed by atoms with Crippen molar-refractivity contribution in [3.8, 4) is 0 Å². The van der Waals surface area contributed by atoms with Crippen LogP contribution in [0, 0.1) is 6.92 Å². The number of benzene rings is 2. The highest BCUT2D eigenvalue weighted by molar-refractivity contribution is 6.30. The number of carbonyl (C=O) groups excluding carboxylic acids is 2. The number of hydrogen-bond donors (Lipinski definition) is 1. The highest BCUT2D eigenvalue weighted by Gasteiger charge is 2.07. The molecule has 0 fully saturated rings. The maximum atomic E-state index is 11.8. The number of aryl methyl sites for hydroxylation is 1. The number of esters is 1. The van der Waals surface area contributed by atoms with E-state index in [-0.39, 0.29) is 6.61 Å². The number of anilines is 1. The third-order valence-electron chi connectivity index (χ3n) is 3.02. The van der Waals surface area contributed by atoms with Crippen LogP contribution in [0.4, 0.5) is 5.69 Å². The van der Waals surface area contributed by atoms with Crippen molar-refractivity contribution in [3.05, 3.63) is 70.8 Å². The summed E-state index contributed by atoms with van der Waals surface area (Å²) in [4.78, 5) is 23.4. The maximum absolute atomic E-state index is 11.8. The van der Waals surface area contributed by atoms with Crippen LogP contribution in [-0.4, -0.2) is 18.5 Å². The summed E-state index contributed by atoms with van der Waals surface area (Å²) in [6.07, 6.45) is 2.92. The van der Waals surface area contributed by atoms with E-state index in [1.807, 2.05) is 37.3 Å². The van der Waals surface area contributed by atoms with Crippen LogP contribution in [-0.2, 0) is 14.3 Å². The Labute approximate surface area is 139 Å². The molecule has 0 heterocycles. The molecule has 0 bridgehead atoms. The zero-order valence-corrected chi connectivity index (χ0v) is 13.3. The van der Waals surface area contributed by atoms with E-state index in [1.54, 1.807) is 24.3 Å². The van der Waals surface area contributed by atoms with E-state index in [0.717, 1.165) is 11.1 Å². The first-order valence-corrected chi connectivity index (χ1v) is 7.38. The van der Waals surface area contributed by atoms with E-state index in [4.69, 9.17) is 16.3 Å². The standard InChI is InChI=1S/C18H16ClNO3/c1-13-11-15(19)8-9-16(13)20-17(21)12-23-18(22)10-7-14-5-3-2-4-6-14/h2-11H,12H2,1H3,(H,20,21). The van der Waals surface area contributed by atoms with Crippen molar-refractivity contribution >= 4 is 35.2 Å². The number of halogens is 1. The predicted octanol–water partition coefficient (Wildman–Crippen LogP) is 3.84. The van der Waals surface area contributed by atoms with E-state index in [1.165, 1.54) is 6.08 Å². The molecule has 1 N–H and O–H groups in total. The molecule has 118 valence electrons. The second-order valence-corrected chi connectivity index (χ2v) is 5.30. The van der Waals surface area contributed by atoms with Gasteiger partial charge in [0.1, 0.15) is 0 Å². The summed E-state index contributed by atoms with van der Waals surface area (Å²) < 4.78 is 4.90. The zero-order chi connectivity index (χ0) is 16.7. The van der Waals surface area contributed by atoms with Crippen molar-refractivity contribution in [1.82, 2.24) is 0 Å². The molecule has 0 aromatic heterocycles. The summed E-state index contributed by atoms with van der Waals surface area (Å²) in [5, 5.41) is 3.26. The minimum absolute atomic E-state index is 0.347. The Bertz CT molecular complexity index is 726. The van der Waals surface area contributed by atoms with Crippen LogP contribution < -0.4 is 5.32 Å². The summed E-state index contributed by atoms with van der Waals surface area (Å²) in [6.45, 7) is 1.48. The molecule has 0 aliphatic heterocycles. The number of amides is 1. The molecule has 4 nitrogen and oxygen atoms in total. The van der Waals surface area contributed by atoms with E-state index in [0.29, 0.717) is 10.7 Å². The minimum atomic E-state index is -0.572. The van der Waals surface area contributed by atoms with Gasteiger partial charge in [0.25, 0.3) is 5.91 Å². The summed E-state index contributed by atoms with van der Waals surface area (Å²) in [6, 6.07) is 14.5. The lowest BCUT2D eigenvalue weighted by atomic mass is 10.2. The van der Waals surface area contributed by atoms with E-state index in [2.05, 4.69) is 5.32 Å². The summed E-state index contributed by atoms with van der Waals surface area (Å²) in [5.74, 6) is -0.978. The third-order valence-corrected chi connectivity index (χ3v) is 3.25. The fourth-order valence-electron chi connectivity index (χ4n) is 1.87. The molecule has 0 spiro atoms. The first kappa shape index (κ1) is 16.8. The van der Waals surface area contributed by atoms with Crippen molar-refractivity contribution in [2.75, 3.05) is 11.9 Å². The minimum Gasteiger partial charge on any atom is -0.452 e. The van der Waals surface area contributed by atoms with E-state index >= 15 is 0 Å². The summed E-state index contributed by atoms with van der Waals surface area (Å²) in [5.41, 5.74) is 2.35. The molecule has 0 aliphatic rings. The molecule has 2 aromatic carbocycles. The van der Waals surface area contributed by atoms with Crippen LogP contribution in [0.5, 0.6) is 0 Å². The Kier molecular flexibility index (Phi) is 5.94. The quantitative estimate of drug-likeness (QED) is 0.669. The Morgan fingerprint density at radius 2 is 1.91 bits per heavy atom. The van der Waals surface area contributed by atoms with Gasteiger partial charge < -0.3 is 10.1 Å². The molecule has 2 aromatic rings. The van der Waals surface area contributed by atoms with Crippen molar-refractivity contribution in [1.29, 1.82) is 0 Å². The van der Waals surface area contributed by atoms with Gasteiger partial charge >= 0.3 is 5.97 Å². The SMILES string of the molecule is Cc1cc(Cl)ccc1NC(=O)COC(=O)C=Cc1ccccc1. The summed E-state index contributed by atoms with van der Waals surface area (Å²) in [7, 11) is 0. The number of hydrogen-bond acceptors (Lipinski definition) is 3. The van der Waals surface area contributed by atoms with Crippen LogP contribution in [0.15, 0.2) is 54.6 Å². The van der Waals surface area contributed by atoms with Crippen LogP contribution >= 0.6 is 11.6 Å². The lowest BCUT2D eigenvalue weighted by Crippen LogP contribution is -2.20. The molecule has 0 saturated heterocycles. The van der Waals surface area contributed by atoms with Gasteiger partial charge in [-0.3, -0.25) is 4.79 Å². The predicted molar refractivity (Wildman–Crippen MR) is 91.3 cm³/mol. The highest BCUT2D eigenvalue weighted by Crippen LogP contribution is 2.19. The van der Waals surface area contributed by atoms with Gasteiger partial charge in [-0.25, -0.2) is 4.79 Å². The Hall–Kier alpha value is -2.59. The average molecular weight is 330 g/mol. The smallest absolute Gasteiger partial charge is 0.331 e. The van der Waals surface area contributed by atoms with Gasteiger partial charge in [-0.15, -0.1) is 0 Å². The second kappa shape index (κ2) is 8.15. The zero-order valence-electron chi connectivity index (χ0n) is 12.6. The Morgan fingerprint density at radius 3 is 2.61 bits per heavy atom. The van der Waals surface area contributed by atoms with Crippen LogP contribution in [0.2, 0.25) is 5.02 Å². The number of ether oxygens (including phenoxy) is 1. The van der Waals surface area contributed by atoms with Crippen LogP contribution in [0.3, 0.4) is 0 Å². The molecule has 2 rings (SSSR count). The number of carbonyl (C=O) groups is 2. The Balaban J connectivity index is 1.82. The fourth-order valence-corrected chi connectivity index (χ4v) is 2.09. The largest absolute Gasteiger partial charge is 0.452 e. The second-order valence-electron chi connectivity index (χ2n) is 4.86. The van der Waals surface area contributed by atoms with Crippen molar-refractivity contribution in [2.24, 2.45) is 0 Å². The molecule has 5 heteroatoms. The van der Waals surface area contributed by atoms with Gasteiger partial charge in [-0.2, -0.15) is 0 Å². The van der Waals surface area contributed by atoms with E-state index in [9.17, 15) is 9.59 Å². The average Bonchev–Trinajstić information content (AvgIpc) is 2.54. The molecule has 0 aliphatic carbocycles. The van der Waals surface area contributed by atoms with Gasteiger partial charge in [0.15, 0.2) is 6.61 Å². The van der Waals surface area contributed by atoms with Gasteiger partial charge in [0.05, 0.1) is 0 Å². The molecule has 0 saturated carbocycles. The van der Waals surface area contributed by atoms with Crippen molar-refractivity contribution in [3.63, 3.8) is 0 Å². The number of rotatable bonds is 5. The van der Waals surface area contributed by atoms with Gasteiger partial charge in [0, 0.05) is 16.8 Å². The lowest BCUT2D eigenvalue weighted by Gasteiger charge is -2.08. The topological polar surface area (TPSA) is 55.4 Å². The third kappa shape index (κ3) is 5.60.